The smallest absolute Gasteiger partial charge is 0.154 e. The molecule has 5 nitrogen and oxygen atoms in total. The molecule has 0 N–H and O–H groups in total. The Hall–Kier alpha value is -3.73. The second-order valence-electron chi connectivity index (χ2n) is 6.45. The van der Waals surface area contributed by atoms with E-state index in [2.05, 4.69) is 34.5 Å². The van der Waals surface area contributed by atoms with Gasteiger partial charge in [-0.3, -0.25) is 4.68 Å². The van der Waals surface area contributed by atoms with E-state index in [1.165, 1.54) is 5.56 Å². The van der Waals surface area contributed by atoms with E-state index in [0.29, 0.717) is 0 Å². The van der Waals surface area contributed by atoms with Crippen LogP contribution in [0.15, 0.2) is 91.5 Å². The van der Waals surface area contributed by atoms with Gasteiger partial charge in [-0.05, 0) is 23.8 Å². The highest BCUT2D eigenvalue weighted by Gasteiger charge is 2.08. The zero-order valence-electron chi connectivity index (χ0n) is 14.6. The summed E-state index contributed by atoms with van der Waals surface area (Å²) in [5.41, 5.74) is 4.24. The summed E-state index contributed by atoms with van der Waals surface area (Å²) in [5.74, 6) is 0.802. The fourth-order valence-corrected chi connectivity index (χ4v) is 3.15. The minimum atomic E-state index is 0.751. The van der Waals surface area contributed by atoms with E-state index < -0.39 is 0 Å². The number of fused-ring (bicyclic) bond motifs is 1. The van der Waals surface area contributed by atoms with Gasteiger partial charge in [-0.2, -0.15) is 10.2 Å². The molecule has 0 aliphatic rings. The molecule has 0 fully saturated rings. The molecule has 5 aromatic rings. The topological polar surface area (TPSA) is 48.5 Å². The quantitative estimate of drug-likeness (QED) is 0.484. The zero-order valence-corrected chi connectivity index (χ0v) is 14.6. The Bertz CT molecular complexity index is 1200. The van der Waals surface area contributed by atoms with Crippen molar-refractivity contribution in [3.63, 3.8) is 0 Å². The molecule has 0 aliphatic carbocycles. The molecule has 130 valence electrons. The molecule has 3 aromatic heterocycles. The van der Waals surface area contributed by atoms with Gasteiger partial charge < -0.3 is 0 Å². The van der Waals surface area contributed by atoms with Crippen LogP contribution < -0.4 is 0 Å². The van der Waals surface area contributed by atoms with Crippen LogP contribution in [-0.4, -0.2) is 24.5 Å². The fourth-order valence-electron chi connectivity index (χ4n) is 3.15. The minimum absolute atomic E-state index is 0.751. The first-order valence-electron chi connectivity index (χ1n) is 8.83. The van der Waals surface area contributed by atoms with Crippen LogP contribution in [0.1, 0.15) is 5.56 Å². The van der Waals surface area contributed by atoms with Crippen molar-refractivity contribution >= 4 is 10.9 Å². The third kappa shape index (κ3) is 3.11. The molecule has 0 amide bonds. The normalized spacial score (nSPS) is 11.1. The second-order valence-corrected chi connectivity index (χ2v) is 6.45. The first kappa shape index (κ1) is 15.5. The maximum atomic E-state index is 4.69. The molecule has 0 unspecified atom stereocenters. The van der Waals surface area contributed by atoms with E-state index in [1.807, 2.05) is 71.9 Å². The van der Waals surface area contributed by atoms with Crippen molar-refractivity contribution in [2.75, 3.05) is 0 Å². The van der Waals surface area contributed by atoms with E-state index in [4.69, 9.17) is 4.98 Å². The van der Waals surface area contributed by atoms with Crippen molar-refractivity contribution in [2.45, 2.75) is 6.54 Å². The van der Waals surface area contributed by atoms with Crippen molar-refractivity contribution in [2.24, 2.45) is 0 Å². The summed E-state index contributed by atoms with van der Waals surface area (Å²) in [6, 6.07) is 22.4. The Balaban J connectivity index is 1.41. The summed E-state index contributed by atoms with van der Waals surface area (Å²) < 4.78 is 3.74. The lowest BCUT2D eigenvalue weighted by Crippen LogP contribution is -1.99. The third-order valence-corrected chi connectivity index (χ3v) is 4.56. The zero-order chi connectivity index (χ0) is 18.1. The van der Waals surface area contributed by atoms with E-state index in [9.17, 15) is 0 Å². The van der Waals surface area contributed by atoms with E-state index in [-0.39, 0.29) is 0 Å². The molecule has 0 bridgehead atoms. The lowest BCUT2D eigenvalue weighted by Gasteiger charge is -2.02. The van der Waals surface area contributed by atoms with Crippen LogP contribution in [0.5, 0.6) is 0 Å². The highest BCUT2D eigenvalue weighted by molar-refractivity contribution is 5.79. The van der Waals surface area contributed by atoms with Gasteiger partial charge >= 0.3 is 0 Å². The number of pyridine rings is 1. The summed E-state index contributed by atoms with van der Waals surface area (Å²) in [6.07, 6.45) is 7.75. The lowest BCUT2D eigenvalue weighted by molar-refractivity contribution is 0.687. The second kappa shape index (κ2) is 6.53. The SMILES string of the molecule is c1ccc(Cn2cc(-c3cnn(-c4ccc5ccccc5n4)c3)cn2)cc1. The van der Waals surface area contributed by atoms with Gasteiger partial charge in [0.15, 0.2) is 5.82 Å². The maximum absolute atomic E-state index is 4.69. The van der Waals surface area contributed by atoms with Crippen LogP contribution in [0.25, 0.3) is 27.8 Å². The minimum Gasteiger partial charge on any atom is -0.268 e. The van der Waals surface area contributed by atoms with Gasteiger partial charge in [-0.1, -0.05) is 48.5 Å². The highest BCUT2D eigenvalue weighted by atomic mass is 15.3. The molecular formula is C22H17N5. The summed E-state index contributed by atoms with van der Waals surface area (Å²) in [6.45, 7) is 0.751. The largest absolute Gasteiger partial charge is 0.268 e. The number of benzene rings is 2. The number of para-hydroxylation sites is 1. The molecule has 0 radical (unpaired) electrons. The van der Waals surface area contributed by atoms with Gasteiger partial charge in [0.1, 0.15) is 0 Å². The predicted molar refractivity (Wildman–Crippen MR) is 106 cm³/mol. The van der Waals surface area contributed by atoms with Gasteiger partial charge in [0.25, 0.3) is 0 Å². The Kier molecular flexibility index (Phi) is 3.76. The molecule has 2 aromatic carbocycles. The van der Waals surface area contributed by atoms with Gasteiger partial charge in [0.05, 0.1) is 24.5 Å². The Morgan fingerprint density at radius 2 is 1.48 bits per heavy atom. The first-order chi connectivity index (χ1) is 13.3. The number of aromatic nitrogens is 5. The van der Waals surface area contributed by atoms with E-state index >= 15 is 0 Å². The average molecular weight is 351 g/mol. The van der Waals surface area contributed by atoms with Gasteiger partial charge in [-0.15, -0.1) is 0 Å². The molecule has 5 rings (SSSR count). The number of rotatable bonds is 4. The standard InChI is InChI=1S/C22H17N5/c1-2-6-17(7-3-1)14-26-15-19(12-23-26)20-13-24-27(16-20)22-11-10-18-8-4-5-9-21(18)25-22/h1-13,15-16H,14H2. The number of hydrogen-bond acceptors (Lipinski definition) is 3. The monoisotopic (exact) mass is 351 g/mol. The van der Waals surface area contributed by atoms with Crippen LogP contribution in [0, 0.1) is 0 Å². The summed E-state index contributed by atoms with van der Waals surface area (Å²) >= 11 is 0. The van der Waals surface area contributed by atoms with Crippen molar-refractivity contribution < 1.29 is 0 Å². The van der Waals surface area contributed by atoms with Crippen LogP contribution in [-0.2, 0) is 6.54 Å². The van der Waals surface area contributed by atoms with Crippen LogP contribution in [0.4, 0.5) is 0 Å². The van der Waals surface area contributed by atoms with Gasteiger partial charge in [0.2, 0.25) is 0 Å². The number of hydrogen-bond donors (Lipinski definition) is 0. The average Bonchev–Trinajstić information content (AvgIpc) is 3.38. The van der Waals surface area contributed by atoms with Crippen molar-refractivity contribution in [1.82, 2.24) is 24.5 Å². The van der Waals surface area contributed by atoms with Crippen LogP contribution in [0.3, 0.4) is 0 Å². The van der Waals surface area contributed by atoms with Gasteiger partial charge in [-0.25, -0.2) is 9.67 Å². The summed E-state index contributed by atoms with van der Waals surface area (Å²) in [5, 5.41) is 10.1. The van der Waals surface area contributed by atoms with E-state index in [0.717, 1.165) is 34.4 Å². The summed E-state index contributed by atoms with van der Waals surface area (Å²) in [7, 11) is 0. The molecular weight excluding hydrogens is 334 g/mol. The third-order valence-electron chi connectivity index (χ3n) is 4.56. The predicted octanol–water partition coefficient (Wildman–Crippen LogP) is 4.33. The van der Waals surface area contributed by atoms with Crippen LogP contribution >= 0.6 is 0 Å². The highest BCUT2D eigenvalue weighted by Crippen LogP contribution is 2.20. The molecule has 5 heteroatoms. The Labute approximate surface area is 156 Å². The van der Waals surface area contributed by atoms with Gasteiger partial charge in [0, 0.05) is 28.9 Å². The fraction of sp³-hybridized carbons (Fsp3) is 0.0455. The first-order valence-corrected chi connectivity index (χ1v) is 8.83. The van der Waals surface area contributed by atoms with Crippen LogP contribution in [0.2, 0.25) is 0 Å². The van der Waals surface area contributed by atoms with E-state index in [1.54, 1.807) is 4.68 Å². The molecule has 0 spiro atoms. The molecule has 27 heavy (non-hydrogen) atoms. The molecule has 0 saturated carbocycles. The molecule has 0 saturated heterocycles. The Morgan fingerprint density at radius 3 is 2.41 bits per heavy atom. The molecule has 3 heterocycles. The van der Waals surface area contributed by atoms with Crippen molar-refractivity contribution in [3.05, 3.63) is 97.1 Å². The lowest BCUT2D eigenvalue weighted by atomic mass is 10.2. The maximum Gasteiger partial charge on any atom is 0.154 e. The van der Waals surface area contributed by atoms with Crippen molar-refractivity contribution in [1.29, 1.82) is 0 Å². The molecule has 0 atom stereocenters. The Morgan fingerprint density at radius 1 is 0.704 bits per heavy atom. The molecule has 0 aliphatic heterocycles. The van der Waals surface area contributed by atoms with Crippen molar-refractivity contribution in [3.8, 4) is 16.9 Å². The number of nitrogens with zero attached hydrogens (tertiary/aromatic N) is 5. The summed E-state index contributed by atoms with van der Waals surface area (Å²) in [4.78, 5) is 4.69.